The van der Waals surface area contributed by atoms with E-state index in [-0.39, 0.29) is 34.7 Å². The second-order valence-electron chi connectivity index (χ2n) is 13.2. The van der Waals surface area contributed by atoms with Gasteiger partial charge in [-0.25, -0.2) is 0 Å². The number of ether oxygens (including phenoxy) is 1. The van der Waals surface area contributed by atoms with E-state index < -0.39 is 0 Å². The highest BCUT2D eigenvalue weighted by atomic mass is 16.5. The molecular weight excluding hydrogens is 460 g/mol. The quantitative estimate of drug-likeness (QED) is 0.337. The zero-order valence-electron chi connectivity index (χ0n) is 23.2. The van der Waals surface area contributed by atoms with E-state index in [0.29, 0.717) is 42.5 Å². The lowest BCUT2D eigenvalue weighted by atomic mass is 9.43. The fraction of sp³-hybridized carbons (Fsp3) is 0.697. The van der Waals surface area contributed by atoms with Gasteiger partial charge in [-0.2, -0.15) is 0 Å². The van der Waals surface area contributed by atoms with Crippen LogP contribution in [0.1, 0.15) is 91.0 Å². The van der Waals surface area contributed by atoms with Gasteiger partial charge in [0.05, 0.1) is 6.10 Å². The third kappa shape index (κ3) is 4.62. The summed E-state index contributed by atoms with van der Waals surface area (Å²) < 4.78 is 5.54. The zero-order chi connectivity index (χ0) is 26.4. The van der Waals surface area contributed by atoms with Gasteiger partial charge in [0.15, 0.2) is 5.78 Å². The summed E-state index contributed by atoms with van der Waals surface area (Å²) in [6, 6.07) is 9.86. The van der Waals surface area contributed by atoms with E-state index in [0.717, 1.165) is 56.1 Å². The Labute approximate surface area is 223 Å². The number of allylic oxidation sites excluding steroid dienone is 2. The fourth-order valence-electron chi connectivity index (χ4n) is 9.52. The van der Waals surface area contributed by atoms with Crippen LogP contribution in [0.5, 0.6) is 0 Å². The number of carbonyl (C=O) groups excluding carboxylic acids is 2. The molecule has 0 aromatic heterocycles. The average molecular weight is 507 g/mol. The Bertz CT molecular complexity index is 1030. The second-order valence-corrected chi connectivity index (χ2v) is 13.2. The zero-order valence-corrected chi connectivity index (χ0v) is 23.2. The summed E-state index contributed by atoms with van der Waals surface area (Å²) in [7, 11) is 0. The van der Waals surface area contributed by atoms with Crippen molar-refractivity contribution < 1.29 is 19.4 Å². The first-order chi connectivity index (χ1) is 17.7. The van der Waals surface area contributed by atoms with Crippen LogP contribution < -0.4 is 0 Å². The van der Waals surface area contributed by atoms with E-state index in [2.05, 4.69) is 26.8 Å². The standard InChI is InChI=1S/C33H46O4/c1-5-24-28-19-23(34)15-17-33(28,4)27-16-18-32(3)25(12-13-26(32)30(27)31(24)36)21(2)11-14-29(35)37-20-22-9-7-6-8-10-22/h5-10,21,23,25-28,30,34H,11-20H2,1-4H3/b24-5-/t21-,23-,25-,26+,27+,28+,30+,32-,33-/m1/s1. The topological polar surface area (TPSA) is 63.6 Å². The van der Waals surface area contributed by atoms with Crippen molar-refractivity contribution in [3.8, 4) is 0 Å². The molecule has 0 aliphatic heterocycles. The molecule has 4 aliphatic rings. The minimum Gasteiger partial charge on any atom is -0.461 e. The molecule has 1 aromatic carbocycles. The van der Waals surface area contributed by atoms with Crippen LogP contribution in [-0.4, -0.2) is 23.0 Å². The van der Waals surface area contributed by atoms with E-state index in [1.807, 2.05) is 37.3 Å². The Morgan fingerprint density at radius 2 is 1.78 bits per heavy atom. The Hall–Kier alpha value is -1.94. The van der Waals surface area contributed by atoms with Crippen molar-refractivity contribution in [1.29, 1.82) is 0 Å². The molecule has 37 heavy (non-hydrogen) atoms. The van der Waals surface area contributed by atoms with E-state index in [4.69, 9.17) is 4.74 Å². The number of esters is 1. The summed E-state index contributed by atoms with van der Waals surface area (Å²) >= 11 is 0. The lowest BCUT2D eigenvalue weighted by Gasteiger charge is -2.61. The van der Waals surface area contributed by atoms with Crippen LogP contribution in [0.15, 0.2) is 42.0 Å². The number of rotatable bonds is 6. The van der Waals surface area contributed by atoms with Gasteiger partial charge in [-0.1, -0.05) is 57.2 Å². The molecule has 0 heterocycles. The minimum atomic E-state index is -0.276. The molecule has 4 aliphatic carbocycles. The van der Waals surface area contributed by atoms with Gasteiger partial charge in [-0.05, 0) is 110 Å². The predicted octanol–water partition coefficient (Wildman–Crippen LogP) is 6.90. The molecule has 202 valence electrons. The van der Waals surface area contributed by atoms with Crippen molar-refractivity contribution in [3.05, 3.63) is 47.5 Å². The van der Waals surface area contributed by atoms with Gasteiger partial charge in [-0.15, -0.1) is 0 Å². The normalized spacial score (nSPS) is 41.0. The van der Waals surface area contributed by atoms with Gasteiger partial charge in [0.25, 0.3) is 0 Å². The highest BCUT2D eigenvalue weighted by Gasteiger charge is 2.64. The number of hydrogen-bond acceptors (Lipinski definition) is 4. The first kappa shape index (κ1) is 26.7. The molecule has 4 saturated carbocycles. The van der Waals surface area contributed by atoms with Crippen LogP contribution in [0.3, 0.4) is 0 Å². The molecule has 0 radical (unpaired) electrons. The van der Waals surface area contributed by atoms with Crippen molar-refractivity contribution in [2.75, 3.05) is 0 Å². The highest BCUT2D eigenvalue weighted by molar-refractivity contribution is 5.99. The first-order valence-electron chi connectivity index (χ1n) is 14.8. The van der Waals surface area contributed by atoms with Crippen molar-refractivity contribution in [3.63, 3.8) is 0 Å². The summed E-state index contributed by atoms with van der Waals surface area (Å²) in [4.78, 5) is 26.5. The smallest absolute Gasteiger partial charge is 0.306 e. The Morgan fingerprint density at radius 1 is 1.08 bits per heavy atom. The van der Waals surface area contributed by atoms with E-state index in [9.17, 15) is 14.7 Å². The Morgan fingerprint density at radius 3 is 2.51 bits per heavy atom. The summed E-state index contributed by atoms with van der Waals surface area (Å²) in [5.74, 6) is 2.43. The molecule has 0 amide bonds. The third-order valence-electron chi connectivity index (χ3n) is 11.5. The maximum atomic E-state index is 14.0. The van der Waals surface area contributed by atoms with E-state index in [1.54, 1.807) is 0 Å². The van der Waals surface area contributed by atoms with Crippen molar-refractivity contribution in [2.24, 2.45) is 46.3 Å². The monoisotopic (exact) mass is 506 g/mol. The van der Waals surface area contributed by atoms with Gasteiger partial charge in [0, 0.05) is 12.3 Å². The van der Waals surface area contributed by atoms with Crippen LogP contribution >= 0.6 is 0 Å². The number of ketones is 1. The number of hydrogen-bond donors (Lipinski definition) is 1. The molecule has 4 nitrogen and oxygen atoms in total. The van der Waals surface area contributed by atoms with Crippen LogP contribution in [0.25, 0.3) is 0 Å². The Balaban J connectivity index is 1.27. The minimum absolute atomic E-state index is 0.113. The average Bonchev–Trinajstić information content (AvgIpc) is 3.25. The lowest BCUT2D eigenvalue weighted by Crippen LogP contribution is -2.58. The molecule has 5 rings (SSSR count). The maximum Gasteiger partial charge on any atom is 0.306 e. The number of benzene rings is 1. The SMILES string of the molecule is C/C=C1\C(=O)[C@@H]2[C@H](CC[C@]3(C)[C@@H]([C@H](C)CCC(=O)OCc4ccccc4)CC[C@@H]23)[C@@]2(C)CC[C@@H](O)C[C@@H]12. The number of aliphatic hydroxyl groups excluding tert-OH is 1. The number of Topliss-reactive ketones (excluding diaryl/α,β-unsaturated/α-hetero) is 1. The van der Waals surface area contributed by atoms with Gasteiger partial charge in [0.1, 0.15) is 6.61 Å². The van der Waals surface area contributed by atoms with Crippen LogP contribution in [0.4, 0.5) is 0 Å². The van der Waals surface area contributed by atoms with Gasteiger partial charge < -0.3 is 9.84 Å². The molecule has 0 spiro atoms. The molecular formula is C33H46O4. The number of fused-ring (bicyclic) bond motifs is 5. The molecule has 1 N–H and O–H groups in total. The van der Waals surface area contributed by atoms with Crippen LogP contribution in [0.2, 0.25) is 0 Å². The third-order valence-corrected chi connectivity index (χ3v) is 11.5. The van der Waals surface area contributed by atoms with Crippen LogP contribution in [0, 0.1) is 46.3 Å². The molecule has 1 aromatic rings. The summed E-state index contributed by atoms with van der Waals surface area (Å²) in [5.41, 5.74) is 2.30. The van der Waals surface area contributed by atoms with Crippen molar-refractivity contribution >= 4 is 11.8 Å². The van der Waals surface area contributed by atoms with Crippen molar-refractivity contribution in [2.45, 2.75) is 98.2 Å². The summed E-state index contributed by atoms with van der Waals surface area (Å²) in [5, 5.41) is 10.5. The first-order valence-corrected chi connectivity index (χ1v) is 14.8. The molecule has 0 bridgehead atoms. The second kappa shape index (κ2) is 10.3. The molecule has 0 unspecified atom stereocenters. The maximum absolute atomic E-state index is 14.0. The molecule has 9 atom stereocenters. The summed E-state index contributed by atoms with van der Waals surface area (Å²) in [6.07, 6.45) is 10.3. The number of aliphatic hydroxyl groups is 1. The van der Waals surface area contributed by atoms with Gasteiger partial charge >= 0.3 is 5.97 Å². The summed E-state index contributed by atoms with van der Waals surface area (Å²) in [6.45, 7) is 9.56. The van der Waals surface area contributed by atoms with E-state index >= 15 is 0 Å². The molecule has 4 heteroatoms. The molecule has 4 fully saturated rings. The van der Waals surface area contributed by atoms with E-state index in [1.165, 1.54) is 6.42 Å². The largest absolute Gasteiger partial charge is 0.461 e. The molecule has 0 saturated heterocycles. The van der Waals surface area contributed by atoms with Crippen molar-refractivity contribution in [1.82, 2.24) is 0 Å². The highest BCUT2D eigenvalue weighted by Crippen LogP contribution is 2.68. The van der Waals surface area contributed by atoms with Crippen LogP contribution in [-0.2, 0) is 20.9 Å². The fourth-order valence-corrected chi connectivity index (χ4v) is 9.52. The lowest BCUT2D eigenvalue weighted by molar-refractivity contribution is -0.150. The number of carbonyl (C=O) groups is 2. The van der Waals surface area contributed by atoms with Gasteiger partial charge in [-0.3, -0.25) is 9.59 Å². The van der Waals surface area contributed by atoms with Gasteiger partial charge in [0.2, 0.25) is 0 Å². The predicted molar refractivity (Wildman–Crippen MR) is 145 cm³/mol. The Kier molecular flexibility index (Phi) is 7.44.